The standard InChI is InChI=1S/C22H20N2O4S/c1-3-26-22(25)20-17(9-15-6-7-18-19(10-15)28-13-27-18)14(2)29-21(20)24-12-16-5-4-8-23-11-16/h4-8,10-12H,3,9,13H2,1-2H3. The minimum absolute atomic E-state index is 0.234. The smallest absolute Gasteiger partial charge is 0.341 e. The summed E-state index contributed by atoms with van der Waals surface area (Å²) in [7, 11) is 0. The lowest BCUT2D eigenvalue weighted by Gasteiger charge is -2.07. The van der Waals surface area contributed by atoms with E-state index in [1.54, 1.807) is 25.5 Å². The highest BCUT2D eigenvalue weighted by Crippen LogP contribution is 2.39. The van der Waals surface area contributed by atoms with Crippen LogP contribution in [0.15, 0.2) is 47.7 Å². The third-order valence-corrected chi connectivity index (χ3v) is 5.56. The zero-order valence-electron chi connectivity index (χ0n) is 16.2. The third kappa shape index (κ3) is 4.14. The van der Waals surface area contributed by atoms with Crippen LogP contribution in [0.5, 0.6) is 11.5 Å². The Balaban J connectivity index is 1.70. The number of hydrogen-bond donors (Lipinski definition) is 0. The summed E-state index contributed by atoms with van der Waals surface area (Å²) >= 11 is 1.48. The van der Waals surface area contributed by atoms with E-state index in [4.69, 9.17) is 14.2 Å². The molecule has 0 unspecified atom stereocenters. The van der Waals surface area contributed by atoms with E-state index in [2.05, 4.69) is 9.98 Å². The van der Waals surface area contributed by atoms with Gasteiger partial charge in [-0.1, -0.05) is 12.1 Å². The van der Waals surface area contributed by atoms with Crippen LogP contribution in [-0.4, -0.2) is 30.6 Å². The number of carbonyl (C=O) groups is 1. The second kappa shape index (κ2) is 8.45. The van der Waals surface area contributed by atoms with Crippen molar-refractivity contribution in [1.29, 1.82) is 0 Å². The average molecular weight is 408 g/mol. The van der Waals surface area contributed by atoms with Crippen LogP contribution in [0.4, 0.5) is 5.00 Å². The molecule has 0 amide bonds. The first-order valence-electron chi connectivity index (χ1n) is 9.27. The first-order chi connectivity index (χ1) is 14.2. The van der Waals surface area contributed by atoms with Crippen molar-refractivity contribution in [3.63, 3.8) is 0 Å². The fourth-order valence-corrected chi connectivity index (χ4v) is 4.12. The molecule has 0 radical (unpaired) electrons. The van der Waals surface area contributed by atoms with Gasteiger partial charge in [-0.25, -0.2) is 9.79 Å². The number of aliphatic imine (C=N–C) groups is 1. The first kappa shape index (κ1) is 19.1. The highest BCUT2D eigenvalue weighted by atomic mass is 32.1. The van der Waals surface area contributed by atoms with Gasteiger partial charge in [0, 0.05) is 29.0 Å². The van der Waals surface area contributed by atoms with Crippen molar-refractivity contribution in [3.05, 3.63) is 69.9 Å². The van der Waals surface area contributed by atoms with Gasteiger partial charge in [0.25, 0.3) is 0 Å². The molecular weight excluding hydrogens is 388 g/mol. The Labute approximate surface area is 172 Å². The van der Waals surface area contributed by atoms with Crippen LogP contribution in [-0.2, 0) is 11.2 Å². The minimum atomic E-state index is -0.356. The molecule has 2 aromatic heterocycles. The monoisotopic (exact) mass is 408 g/mol. The lowest BCUT2D eigenvalue weighted by Crippen LogP contribution is -2.07. The average Bonchev–Trinajstić information content (AvgIpc) is 3.31. The molecule has 0 N–H and O–H groups in total. The number of hydrogen-bond acceptors (Lipinski definition) is 7. The third-order valence-electron chi connectivity index (χ3n) is 4.50. The van der Waals surface area contributed by atoms with Gasteiger partial charge in [-0.3, -0.25) is 4.98 Å². The van der Waals surface area contributed by atoms with Gasteiger partial charge in [-0.15, -0.1) is 11.3 Å². The van der Waals surface area contributed by atoms with Crippen molar-refractivity contribution in [1.82, 2.24) is 4.98 Å². The lowest BCUT2D eigenvalue weighted by atomic mass is 10.0. The first-order valence-corrected chi connectivity index (χ1v) is 10.1. The fourth-order valence-electron chi connectivity index (χ4n) is 3.12. The molecule has 0 fully saturated rings. The summed E-state index contributed by atoms with van der Waals surface area (Å²) in [4.78, 5) is 22.4. The van der Waals surface area contributed by atoms with Crippen LogP contribution in [0.1, 0.15) is 38.8 Å². The van der Waals surface area contributed by atoms with E-state index in [1.165, 1.54) is 11.3 Å². The minimum Gasteiger partial charge on any atom is -0.462 e. The normalized spacial score (nSPS) is 12.5. The lowest BCUT2D eigenvalue weighted by molar-refractivity contribution is 0.0527. The Morgan fingerprint density at radius 1 is 1.31 bits per heavy atom. The number of carbonyl (C=O) groups excluding carboxylic acids is 1. The zero-order valence-corrected chi connectivity index (χ0v) is 17.0. The number of aryl methyl sites for hydroxylation is 1. The Kier molecular flexibility index (Phi) is 5.57. The molecule has 3 aromatic rings. The van der Waals surface area contributed by atoms with E-state index in [9.17, 15) is 4.79 Å². The van der Waals surface area contributed by atoms with Gasteiger partial charge >= 0.3 is 5.97 Å². The fraction of sp³-hybridized carbons (Fsp3) is 0.227. The maximum atomic E-state index is 12.7. The molecule has 1 aliphatic rings. The molecule has 0 saturated carbocycles. The van der Waals surface area contributed by atoms with Crippen molar-refractivity contribution in [2.45, 2.75) is 20.3 Å². The van der Waals surface area contributed by atoms with Crippen molar-refractivity contribution < 1.29 is 19.0 Å². The number of fused-ring (bicyclic) bond motifs is 1. The summed E-state index contributed by atoms with van der Waals surface area (Å²) in [6.07, 6.45) is 5.72. The number of esters is 1. The number of nitrogens with zero attached hydrogens (tertiary/aromatic N) is 2. The van der Waals surface area contributed by atoms with Gasteiger partial charge in [0.2, 0.25) is 6.79 Å². The summed E-state index contributed by atoms with van der Waals surface area (Å²) in [5, 5.41) is 0.639. The van der Waals surface area contributed by atoms with Crippen molar-refractivity contribution in [2.24, 2.45) is 4.99 Å². The second-order valence-corrected chi connectivity index (χ2v) is 7.65. The van der Waals surface area contributed by atoms with Crippen LogP contribution in [0, 0.1) is 6.92 Å². The van der Waals surface area contributed by atoms with Crippen LogP contribution in [0.3, 0.4) is 0 Å². The van der Waals surface area contributed by atoms with E-state index in [0.29, 0.717) is 23.6 Å². The van der Waals surface area contributed by atoms with E-state index in [0.717, 1.165) is 33.1 Å². The SMILES string of the molecule is CCOC(=O)c1c(N=Cc2cccnc2)sc(C)c1Cc1ccc2c(c1)OCO2. The topological polar surface area (TPSA) is 70.0 Å². The van der Waals surface area contributed by atoms with Crippen LogP contribution in [0.25, 0.3) is 0 Å². The molecule has 3 heterocycles. The van der Waals surface area contributed by atoms with E-state index >= 15 is 0 Å². The maximum Gasteiger partial charge on any atom is 0.341 e. The molecule has 6 nitrogen and oxygen atoms in total. The number of benzene rings is 1. The van der Waals surface area contributed by atoms with Crippen LogP contribution >= 0.6 is 11.3 Å². The molecule has 1 aliphatic heterocycles. The largest absolute Gasteiger partial charge is 0.462 e. The predicted octanol–water partition coefficient (Wildman–Crippen LogP) is 4.70. The summed E-state index contributed by atoms with van der Waals surface area (Å²) in [5.41, 5.74) is 3.34. The Bertz CT molecular complexity index is 1060. The summed E-state index contributed by atoms with van der Waals surface area (Å²) in [5.74, 6) is 1.11. The highest BCUT2D eigenvalue weighted by Gasteiger charge is 2.24. The Morgan fingerprint density at radius 2 is 2.17 bits per heavy atom. The highest BCUT2D eigenvalue weighted by molar-refractivity contribution is 7.16. The molecule has 148 valence electrons. The Morgan fingerprint density at radius 3 is 2.97 bits per heavy atom. The number of rotatable bonds is 6. The molecule has 0 aliphatic carbocycles. The quantitative estimate of drug-likeness (QED) is 0.437. The summed E-state index contributed by atoms with van der Waals surface area (Å²) in [6, 6.07) is 9.59. The maximum absolute atomic E-state index is 12.7. The van der Waals surface area contributed by atoms with Crippen LogP contribution < -0.4 is 9.47 Å². The molecule has 7 heteroatoms. The molecule has 4 rings (SSSR count). The van der Waals surface area contributed by atoms with Gasteiger partial charge in [0.1, 0.15) is 10.6 Å². The van der Waals surface area contributed by atoms with E-state index < -0.39 is 0 Å². The van der Waals surface area contributed by atoms with Crippen molar-refractivity contribution >= 4 is 28.5 Å². The van der Waals surface area contributed by atoms with E-state index in [1.807, 2.05) is 37.3 Å². The molecular formula is C22H20N2O4S. The van der Waals surface area contributed by atoms with Gasteiger partial charge in [0.15, 0.2) is 11.5 Å². The van der Waals surface area contributed by atoms with Crippen LogP contribution in [0.2, 0.25) is 0 Å². The van der Waals surface area contributed by atoms with Crippen molar-refractivity contribution in [2.75, 3.05) is 13.4 Å². The summed E-state index contributed by atoms with van der Waals surface area (Å²) in [6.45, 7) is 4.34. The number of ether oxygens (including phenoxy) is 3. The van der Waals surface area contributed by atoms with Gasteiger partial charge < -0.3 is 14.2 Å². The molecule has 0 saturated heterocycles. The summed E-state index contributed by atoms with van der Waals surface area (Å²) < 4.78 is 16.2. The number of thiophene rings is 1. The molecule has 0 spiro atoms. The Hall–Kier alpha value is -3.19. The number of pyridine rings is 1. The van der Waals surface area contributed by atoms with Crippen molar-refractivity contribution in [3.8, 4) is 11.5 Å². The van der Waals surface area contributed by atoms with Gasteiger partial charge in [0.05, 0.1) is 6.61 Å². The number of aromatic nitrogens is 1. The second-order valence-electron chi connectivity index (χ2n) is 6.45. The predicted molar refractivity (Wildman–Crippen MR) is 112 cm³/mol. The molecule has 0 bridgehead atoms. The van der Waals surface area contributed by atoms with Gasteiger partial charge in [-0.05, 0) is 49.6 Å². The van der Waals surface area contributed by atoms with E-state index in [-0.39, 0.29) is 12.8 Å². The zero-order chi connectivity index (χ0) is 20.2. The van der Waals surface area contributed by atoms with Gasteiger partial charge in [-0.2, -0.15) is 0 Å². The molecule has 0 atom stereocenters. The molecule has 1 aromatic carbocycles. The molecule has 29 heavy (non-hydrogen) atoms.